The first-order chi connectivity index (χ1) is 15.6. The van der Waals surface area contributed by atoms with Crippen LogP contribution in [0.2, 0.25) is 0 Å². The maximum Gasteiger partial charge on any atom is 0.272 e. The van der Waals surface area contributed by atoms with Gasteiger partial charge in [-0.1, -0.05) is 50.2 Å². The van der Waals surface area contributed by atoms with E-state index in [0.717, 1.165) is 56.6 Å². The average molecular weight is 432 g/mol. The molecule has 32 heavy (non-hydrogen) atoms. The Bertz CT molecular complexity index is 1010. The predicted octanol–water partition coefficient (Wildman–Crippen LogP) is 3.86. The molecular formula is C26H33N5O. The van der Waals surface area contributed by atoms with E-state index in [4.69, 9.17) is 5.10 Å². The van der Waals surface area contributed by atoms with Gasteiger partial charge in [0.15, 0.2) is 5.69 Å². The minimum atomic E-state index is -0.0984. The molecule has 0 saturated heterocycles. The van der Waals surface area contributed by atoms with Crippen molar-refractivity contribution in [2.45, 2.75) is 52.7 Å². The van der Waals surface area contributed by atoms with E-state index >= 15 is 0 Å². The third-order valence-electron chi connectivity index (χ3n) is 5.92. The molecule has 0 aliphatic carbocycles. The van der Waals surface area contributed by atoms with Gasteiger partial charge in [0, 0.05) is 56.3 Å². The molecule has 0 atom stereocenters. The van der Waals surface area contributed by atoms with Crippen LogP contribution in [-0.2, 0) is 32.5 Å². The highest BCUT2D eigenvalue weighted by molar-refractivity contribution is 5.94. The lowest BCUT2D eigenvalue weighted by Gasteiger charge is -2.28. The van der Waals surface area contributed by atoms with Crippen LogP contribution in [0.3, 0.4) is 0 Å². The van der Waals surface area contributed by atoms with Crippen molar-refractivity contribution in [1.29, 1.82) is 0 Å². The lowest BCUT2D eigenvalue weighted by molar-refractivity contribution is 0.0942. The Hall–Kier alpha value is -2.99. The summed E-state index contributed by atoms with van der Waals surface area (Å²) in [5.41, 5.74) is 5.27. The first-order valence-electron chi connectivity index (χ1n) is 11.6. The zero-order chi connectivity index (χ0) is 22.3. The van der Waals surface area contributed by atoms with Gasteiger partial charge in [0.2, 0.25) is 0 Å². The number of carbonyl (C=O) groups is 1. The Kier molecular flexibility index (Phi) is 7.32. The van der Waals surface area contributed by atoms with Crippen molar-refractivity contribution < 1.29 is 4.79 Å². The van der Waals surface area contributed by atoms with Gasteiger partial charge in [0.05, 0.1) is 0 Å². The molecule has 168 valence electrons. The largest absolute Gasteiger partial charge is 0.346 e. The molecule has 1 aliphatic heterocycles. The van der Waals surface area contributed by atoms with Crippen molar-refractivity contribution in [3.05, 3.63) is 82.9 Å². The number of benzene rings is 1. The number of rotatable bonds is 9. The van der Waals surface area contributed by atoms with Crippen LogP contribution in [0.15, 0.2) is 54.9 Å². The van der Waals surface area contributed by atoms with E-state index in [1.165, 1.54) is 11.3 Å². The van der Waals surface area contributed by atoms with Crippen molar-refractivity contribution in [2.24, 2.45) is 5.92 Å². The molecule has 1 N–H and O–H groups in total. The number of hydrogen-bond donors (Lipinski definition) is 1. The summed E-state index contributed by atoms with van der Waals surface area (Å²) in [6.45, 7) is 8.51. The first kappa shape index (κ1) is 22.2. The van der Waals surface area contributed by atoms with Gasteiger partial charge in [0.25, 0.3) is 5.91 Å². The van der Waals surface area contributed by atoms with Crippen LogP contribution in [0.1, 0.15) is 53.1 Å². The number of fused-ring (bicyclic) bond motifs is 1. The first-order valence-corrected chi connectivity index (χ1v) is 11.6. The summed E-state index contributed by atoms with van der Waals surface area (Å²) in [5.74, 6) is 0.382. The van der Waals surface area contributed by atoms with Crippen LogP contribution < -0.4 is 5.32 Å². The quantitative estimate of drug-likeness (QED) is 0.559. The summed E-state index contributed by atoms with van der Waals surface area (Å²) >= 11 is 0. The molecule has 2 aromatic heterocycles. The Morgan fingerprint density at radius 2 is 1.94 bits per heavy atom. The van der Waals surface area contributed by atoms with Gasteiger partial charge in [-0.3, -0.25) is 19.4 Å². The SMILES string of the molecule is CC(C)Cn1nc(C(=O)NCc2cccnc2)c2c1CCN(CCCc1ccccc1)C2. The van der Waals surface area contributed by atoms with Gasteiger partial charge in [-0.25, -0.2) is 0 Å². The molecule has 0 fully saturated rings. The Morgan fingerprint density at radius 3 is 2.69 bits per heavy atom. The van der Waals surface area contributed by atoms with E-state index in [9.17, 15) is 4.79 Å². The second-order valence-electron chi connectivity index (χ2n) is 9.01. The topological polar surface area (TPSA) is 63.1 Å². The molecule has 3 aromatic rings. The summed E-state index contributed by atoms with van der Waals surface area (Å²) in [6, 6.07) is 14.5. The molecule has 1 aromatic carbocycles. The number of nitrogens with one attached hydrogen (secondary N) is 1. The molecular weight excluding hydrogens is 398 g/mol. The zero-order valence-corrected chi connectivity index (χ0v) is 19.1. The summed E-state index contributed by atoms with van der Waals surface area (Å²) in [5, 5.41) is 7.81. The molecule has 1 aliphatic rings. The minimum Gasteiger partial charge on any atom is -0.346 e. The number of pyridine rings is 1. The smallest absolute Gasteiger partial charge is 0.272 e. The highest BCUT2D eigenvalue weighted by Crippen LogP contribution is 2.24. The van der Waals surface area contributed by atoms with E-state index in [-0.39, 0.29) is 5.91 Å². The van der Waals surface area contributed by atoms with Crippen molar-refractivity contribution in [1.82, 2.24) is 25.0 Å². The number of nitrogens with zero attached hydrogens (tertiary/aromatic N) is 4. The van der Waals surface area contributed by atoms with Crippen LogP contribution in [0.5, 0.6) is 0 Å². The van der Waals surface area contributed by atoms with Crippen LogP contribution in [-0.4, -0.2) is 38.7 Å². The number of hydrogen-bond acceptors (Lipinski definition) is 4. The van der Waals surface area contributed by atoms with E-state index < -0.39 is 0 Å². The minimum absolute atomic E-state index is 0.0984. The number of aryl methyl sites for hydroxylation is 1. The Labute approximate surface area is 190 Å². The Balaban J connectivity index is 1.44. The van der Waals surface area contributed by atoms with Gasteiger partial charge in [-0.05, 0) is 42.5 Å². The maximum atomic E-state index is 13.1. The standard InChI is InChI=1S/C26H33N5O/c1-20(2)18-31-24-12-15-30(14-7-11-21-8-4-3-5-9-21)19-23(24)25(29-31)26(32)28-17-22-10-6-13-27-16-22/h3-6,8-10,13,16,20H,7,11-12,14-15,17-19H2,1-2H3,(H,28,32). The van der Waals surface area contributed by atoms with Crippen molar-refractivity contribution in [3.63, 3.8) is 0 Å². The molecule has 3 heterocycles. The molecule has 6 nitrogen and oxygen atoms in total. The highest BCUT2D eigenvalue weighted by atomic mass is 16.1. The Morgan fingerprint density at radius 1 is 1.12 bits per heavy atom. The second-order valence-corrected chi connectivity index (χ2v) is 9.01. The summed E-state index contributed by atoms with van der Waals surface area (Å²) in [4.78, 5) is 19.7. The molecule has 0 spiro atoms. The van der Waals surface area contributed by atoms with Crippen LogP contribution in [0.25, 0.3) is 0 Å². The fourth-order valence-corrected chi connectivity index (χ4v) is 4.34. The number of amides is 1. The third kappa shape index (κ3) is 5.62. The van der Waals surface area contributed by atoms with E-state index in [0.29, 0.717) is 18.2 Å². The second kappa shape index (κ2) is 10.6. The van der Waals surface area contributed by atoms with E-state index in [1.54, 1.807) is 12.4 Å². The maximum absolute atomic E-state index is 13.1. The number of carbonyl (C=O) groups excluding carboxylic acids is 1. The summed E-state index contributed by atoms with van der Waals surface area (Å²) in [7, 11) is 0. The molecule has 0 saturated carbocycles. The summed E-state index contributed by atoms with van der Waals surface area (Å²) < 4.78 is 2.07. The average Bonchev–Trinajstić information content (AvgIpc) is 3.16. The zero-order valence-electron chi connectivity index (χ0n) is 19.1. The molecule has 0 unspecified atom stereocenters. The van der Waals surface area contributed by atoms with Crippen molar-refractivity contribution in [2.75, 3.05) is 13.1 Å². The lowest BCUT2D eigenvalue weighted by Crippen LogP contribution is -2.33. The molecule has 1 amide bonds. The highest BCUT2D eigenvalue weighted by Gasteiger charge is 2.28. The third-order valence-corrected chi connectivity index (χ3v) is 5.92. The van der Waals surface area contributed by atoms with Gasteiger partial charge < -0.3 is 5.32 Å². The fraction of sp³-hybridized carbons (Fsp3) is 0.423. The summed E-state index contributed by atoms with van der Waals surface area (Å²) in [6.07, 6.45) is 6.65. The molecule has 0 bridgehead atoms. The lowest BCUT2D eigenvalue weighted by atomic mass is 10.0. The number of aromatic nitrogens is 3. The van der Waals surface area contributed by atoms with E-state index in [1.807, 2.05) is 12.1 Å². The van der Waals surface area contributed by atoms with Crippen molar-refractivity contribution in [3.8, 4) is 0 Å². The van der Waals surface area contributed by atoms with Crippen LogP contribution >= 0.6 is 0 Å². The normalized spacial score (nSPS) is 13.8. The van der Waals surface area contributed by atoms with Gasteiger partial charge in [-0.15, -0.1) is 0 Å². The van der Waals surface area contributed by atoms with Gasteiger partial charge >= 0.3 is 0 Å². The van der Waals surface area contributed by atoms with Gasteiger partial charge in [-0.2, -0.15) is 5.10 Å². The molecule has 4 rings (SSSR count). The van der Waals surface area contributed by atoms with Crippen molar-refractivity contribution >= 4 is 5.91 Å². The fourth-order valence-electron chi connectivity index (χ4n) is 4.34. The van der Waals surface area contributed by atoms with Crippen LogP contribution in [0, 0.1) is 5.92 Å². The van der Waals surface area contributed by atoms with Crippen LogP contribution in [0.4, 0.5) is 0 Å². The molecule has 0 radical (unpaired) electrons. The monoisotopic (exact) mass is 431 g/mol. The van der Waals surface area contributed by atoms with Gasteiger partial charge in [0.1, 0.15) is 0 Å². The molecule has 6 heteroatoms. The van der Waals surface area contributed by atoms with E-state index in [2.05, 4.69) is 64.1 Å². The predicted molar refractivity (Wildman–Crippen MR) is 126 cm³/mol.